The summed E-state index contributed by atoms with van der Waals surface area (Å²) < 4.78 is 2.04. The minimum Gasteiger partial charge on any atom is -0.391 e. The Labute approximate surface area is 182 Å². The smallest absolute Gasteiger partial charge is 0.254 e. The third-order valence-corrected chi connectivity index (χ3v) is 6.92. The molecule has 2 aromatic rings. The van der Waals surface area contributed by atoms with Gasteiger partial charge in [-0.15, -0.1) is 0 Å². The first-order valence-electron chi connectivity index (χ1n) is 10.7. The number of hydrogen-bond donors (Lipinski definition) is 1. The Kier molecular flexibility index (Phi) is 5.00. The van der Waals surface area contributed by atoms with E-state index in [1.165, 1.54) is 16.7 Å². The van der Waals surface area contributed by atoms with Crippen molar-refractivity contribution in [1.29, 1.82) is 0 Å². The summed E-state index contributed by atoms with van der Waals surface area (Å²) in [6.07, 6.45) is 8.22. The van der Waals surface area contributed by atoms with Crippen LogP contribution >= 0.6 is 11.6 Å². The Balaban J connectivity index is 1.35. The highest BCUT2D eigenvalue weighted by molar-refractivity contribution is 6.31. The number of nitrogens with zero attached hydrogens (tertiary/aromatic N) is 2. The number of aliphatic hydroxyl groups excluding tert-OH is 1. The first-order valence-corrected chi connectivity index (χ1v) is 11.1. The maximum atomic E-state index is 13.1. The number of rotatable bonds is 4. The SMILES string of the molecule is C[N+]1=CC(c2ccc(Cc3cc4c(cc3Cl)CN(C3CCCCC3O)C4=O)cc2)=C1. The summed E-state index contributed by atoms with van der Waals surface area (Å²) in [5.74, 6) is 0.0285. The van der Waals surface area contributed by atoms with E-state index >= 15 is 0 Å². The van der Waals surface area contributed by atoms with Gasteiger partial charge < -0.3 is 10.0 Å². The van der Waals surface area contributed by atoms with E-state index in [-0.39, 0.29) is 11.9 Å². The van der Waals surface area contributed by atoms with Gasteiger partial charge in [0, 0.05) is 17.1 Å². The molecule has 0 aromatic heterocycles. The van der Waals surface area contributed by atoms with Crippen LogP contribution in [0.4, 0.5) is 0 Å². The van der Waals surface area contributed by atoms with Crippen molar-refractivity contribution in [2.75, 3.05) is 7.05 Å². The molecule has 2 unspecified atom stereocenters. The third-order valence-electron chi connectivity index (χ3n) is 6.57. The van der Waals surface area contributed by atoms with Gasteiger partial charge in [0.15, 0.2) is 12.4 Å². The lowest BCUT2D eigenvalue weighted by Gasteiger charge is -2.35. The van der Waals surface area contributed by atoms with Gasteiger partial charge in [-0.05, 0) is 53.6 Å². The molecule has 1 N–H and O–H groups in total. The van der Waals surface area contributed by atoms with Crippen molar-refractivity contribution in [2.45, 2.75) is 50.8 Å². The zero-order chi connectivity index (χ0) is 20.8. The van der Waals surface area contributed by atoms with E-state index in [2.05, 4.69) is 36.7 Å². The summed E-state index contributed by atoms with van der Waals surface area (Å²) in [6.45, 7) is 0.546. The van der Waals surface area contributed by atoms with Crippen molar-refractivity contribution in [3.05, 3.63) is 75.4 Å². The average Bonchev–Trinajstić information content (AvgIpc) is 3.02. The summed E-state index contributed by atoms with van der Waals surface area (Å²) in [5.41, 5.74) is 6.28. The monoisotopic (exact) mass is 421 g/mol. The Hall–Kier alpha value is -2.43. The van der Waals surface area contributed by atoms with Crippen molar-refractivity contribution >= 4 is 29.3 Å². The Bertz CT molecular complexity index is 1070. The van der Waals surface area contributed by atoms with Crippen molar-refractivity contribution in [3.63, 3.8) is 0 Å². The first-order chi connectivity index (χ1) is 14.5. The fourth-order valence-corrected chi connectivity index (χ4v) is 5.12. The van der Waals surface area contributed by atoms with Gasteiger partial charge in [0.05, 0.1) is 12.1 Å². The number of carbonyl (C=O) groups excluding carboxylic acids is 1. The van der Waals surface area contributed by atoms with Gasteiger partial charge in [-0.2, -0.15) is 0 Å². The van der Waals surface area contributed by atoms with Crippen molar-refractivity contribution in [2.24, 2.45) is 0 Å². The van der Waals surface area contributed by atoms with E-state index in [0.29, 0.717) is 18.0 Å². The standard InChI is InChI=1S/C25H26ClN2O2/c1-27-13-20(14-27)17-8-6-16(7-9-17)10-18-11-21-19(12-22(18)26)15-28(25(21)30)23-4-2-3-5-24(23)29/h6-9,11-14,23-24,29H,2-5,10,15H2,1H3/q+1. The maximum absolute atomic E-state index is 13.1. The van der Waals surface area contributed by atoms with Gasteiger partial charge >= 0.3 is 0 Å². The van der Waals surface area contributed by atoms with Crippen LogP contribution in [-0.4, -0.2) is 45.9 Å². The van der Waals surface area contributed by atoms with E-state index in [9.17, 15) is 9.90 Å². The Morgan fingerprint density at radius 1 is 1.17 bits per heavy atom. The maximum Gasteiger partial charge on any atom is 0.254 e. The van der Waals surface area contributed by atoms with Crippen LogP contribution in [0.3, 0.4) is 0 Å². The number of allylic oxidation sites excluding steroid dienone is 1. The van der Waals surface area contributed by atoms with Crippen molar-refractivity contribution < 1.29 is 14.5 Å². The molecule has 4 nitrogen and oxygen atoms in total. The molecule has 1 saturated carbocycles. The molecule has 30 heavy (non-hydrogen) atoms. The van der Waals surface area contributed by atoms with Gasteiger partial charge in [0.25, 0.3) is 5.91 Å². The van der Waals surface area contributed by atoms with Crippen LogP contribution in [-0.2, 0) is 13.0 Å². The average molecular weight is 422 g/mol. The molecule has 0 spiro atoms. The third kappa shape index (κ3) is 3.48. The van der Waals surface area contributed by atoms with Crippen LogP contribution in [0, 0.1) is 0 Å². The number of carbonyl (C=O) groups is 1. The molecule has 1 amide bonds. The van der Waals surface area contributed by atoms with Gasteiger partial charge in [0.2, 0.25) is 0 Å². The molecular weight excluding hydrogens is 396 g/mol. The van der Waals surface area contributed by atoms with Crippen LogP contribution in [0.15, 0.2) is 42.6 Å². The molecule has 0 saturated heterocycles. The second-order valence-corrected chi connectivity index (χ2v) is 9.11. The fraction of sp³-hybridized carbons (Fsp3) is 0.360. The van der Waals surface area contributed by atoms with Crippen LogP contribution < -0.4 is 0 Å². The number of benzene rings is 2. The Morgan fingerprint density at radius 2 is 1.90 bits per heavy atom. The topological polar surface area (TPSA) is 43.5 Å². The van der Waals surface area contributed by atoms with Crippen molar-refractivity contribution in [1.82, 2.24) is 4.90 Å². The minimum absolute atomic E-state index is 0.0285. The van der Waals surface area contributed by atoms with Crippen LogP contribution in [0.5, 0.6) is 0 Å². The first kappa shape index (κ1) is 19.5. The van der Waals surface area contributed by atoms with Gasteiger partial charge in [-0.25, -0.2) is 4.58 Å². The summed E-state index contributed by atoms with van der Waals surface area (Å²) in [4.78, 5) is 15.0. The molecule has 0 bridgehead atoms. The van der Waals surface area contributed by atoms with E-state index < -0.39 is 6.10 Å². The zero-order valence-corrected chi connectivity index (χ0v) is 17.9. The molecular formula is C25H26ClN2O2+. The number of fused-ring (bicyclic) bond motifs is 1. The molecule has 2 heterocycles. The quantitative estimate of drug-likeness (QED) is 0.749. The normalized spacial score (nSPS) is 23.0. The predicted molar refractivity (Wildman–Crippen MR) is 119 cm³/mol. The highest BCUT2D eigenvalue weighted by Crippen LogP contribution is 2.34. The summed E-state index contributed by atoms with van der Waals surface area (Å²) in [6, 6.07) is 12.3. The number of aliphatic hydroxyl groups is 1. The van der Waals surface area contributed by atoms with Gasteiger partial charge in [-0.1, -0.05) is 48.7 Å². The summed E-state index contributed by atoms with van der Waals surface area (Å²) in [5, 5.41) is 11.1. The number of hydrogen-bond acceptors (Lipinski definition) is 2. The lowest BCUT2D eigenvalue weighted by Crippen LogP contribution is -2.45. The molecule has 0 radical (unpaired) electrons. The Morgan fingerprint density at radius 3 is 2.60 bits per heavy atom. The van der Waals surface area contributed by atoms with E-state index in [4.69, 9.17) is 11.6 Å². The second-order valence-electron chi connectivity index (χ2n) is 8.71. The van der Waals surface area contributed by atoms with Crippen LogP contribution in [0.2, 0.25) is 5.02 Å². The lowest BCUT2D eigenvalue weighted by molar-refractivity contribution is -0.423. The summed E-state index contributed by atoms with van der Waals surface area (Å²) in [7, 11) is 2.02. The molecule has 1 fully saturated rings. The van der Waals surface area contributed by atoms with E-state index in [1.807, 2.05) is 28.7 Å². The molecule has 2 aromatic carbocycles. The number of halogens is 1. The zero-order valence-electron chi connectivity index (χ0n) is 17.1. The molecule has 2 atom stereocenters. The molecule has 5 heteroatoms. The molecule has 1 aliphatic carbocycles. The molecule has 154 valence electrons. The van der Waals surface area contributed by atoms with Crippen molar-refractivity contribution in [3.8, 4) is 0 Å². The van der Waals surface area contributed by atoms with Gasteiger partial charge in [0.1, 0.15) is 12.6 Å². The summed E-state index contributed by atoms with van der Waals surface area (Å²) >= 11 is 6.60. The molecule has 2 aliphatic heterocycles. The molecule has 5 rings (SSSR count). The van der Waals surface area contributed by atoms with Gasteiger partial charge in [-0.3, -0.25) is 4.79 Å². The molecule has 3 aliphatic rings. The predicted octanol–water partition coefficient (Wildman–Crippen LogP) is 4.26. The van der Waals surface area contributed by atoms with Crippen LogP contribution in [0.1, 0.15) is 58.3 Å². The lowest BCUT2D eigenvalue weighted by atomic mass is 9.91. The largest absolute Gasteiger partial charge is 0.391 e. The highest BCUT2D eigenvalue weighted by atomic mass is 35.5. The number of amides is 1. The second kappa shape index (κ2) is 7.68. The van der Waals surface area contributed by atoms with Crippen LogP contribution in [0.25, 0.3) is 5.57 Å². The van der Waals surface area contributed by atoms with E-state index in [0.717, 1.165) is 42.4 Å². The minimum atomic E-state index is -0.423. The highest BCUT2D eigenvalue weighted by Gasteiger charge is 2.37. The van der Waals surface area contributed by atoms with E-state index in [1.54, 1.807) is 0 Å². The fourth-order valence-electron chi connectivity index (χ4n) is 4.87.